The lowest BCUT2D eigenvalue weighted by molar-refractivity contribution is 0.219. The molecule has 0 saturated carbocycles. The van der Waals surface area contributed by atoms with Gasteiger partial charge in [-0.15, -0.1) is 0 Å². The summed E-state index contributed by atoms with van der Waals surface area (Å²) in [5.74, 6) is 0.284. The average molecular weight is 228 g/mol. The summed E-state index contributed by atoms with van der Waals surface area (Å²) in [6.07, 6.45) is 0. The van der Waals surface area contributed by atoms with Crippen molar-refractivity contribution < 1.29 is 18.3 Å². The van der Waals surface area contributed by atoms with E-state index >= 15 is 0 Å². The van der Waals surface area contributed by atoms with Crippen LogP contribution in [0.4, 0.5) is 4.79 Å². The van der Waals surface area contributed by atoms with Gasteiger partial charge in [0.1, 0.15) is 0 Å². The van der Waals surface area contributed by atoms with Crippen molar-refractivity contribution in [2.24, 2.45) is 0 Å². The van der Waals surface area contributed by atoms with Gasteiger partial charge in [-0.05, 0) is 23.6 Å². The molecule has 0 atom stereocenters. The number of carbonyl (C=O) groups is 1. The number of sulfone groups is 1. The van der Waals surface area contributed by atoms with Gasteiger partial charge in [-0.25, -0.2) is 13.2 Å². The summed E-state index contributed by atoms with van der Waals surface area (Å²) in [7, 11) is -4.20. The summed E-state index contributed by atoms with van der Waals surface area (Å²) in [6, 6.07) is 5.89. The predicted molar refractivity (Wildman–Crippen MR) is 55.7 cm³/mol. The number of rotatable bonds is 2. The lowest BCUT2D eigenvalue weighted by atomic mass is 10.0. The van der Waals surface area contributed by atoms with Crippen molar-refractivity contribution in [2.45, 2.75) is 24.7 Å². The molecule has 15 heavy (non-hydrogen) atoms. The van der Waals surface area contributed by atoms with Crippen molar-refractivity contribution in [1.29, 1.82) is 0 Å². The highest BCUT2D eigenvalue weighted by atomic mass is 32.2. The van der Waals surface area contributed by atoms with E-state index in [1.165, 1.54) is 12.1 Å². The molecule has 0 aromatic heterocycles. The van der Waals surface area contributed by atoms with Crippen LogP contribution >= 0.6 is 0 Å². The van der Waals surface area contributed by atoms with Gasteiger partial charge in [-0.2, -0.15) is 0 Å². The van der Waals surface area contributed by atoms with Gasteiger partial charge in [0.2, 0.25) is 0 Å². The molecule has 1 aromatic carbocycles. The molecule has 5 heteroatoms. The van der Waals surface area contributed by atoms with Crippen LogP contribution in [0.5, 0.6) is 0 Å². The van der Waals surface area contributed by atoms with E-state index in [9.17, 15) is 13.2 Å². The second-order valence-corrected chi connectivity index (χ2v) is 5.32. The van der Waals surface area contributed by atoms with Crippen LogP contribution in [0.3, 0.4) is 0 Å². The first-order valence-electron chi connectivity index (χ1n) is 4.43. The van der Waals surface area contributed by atoms with Crippen LogP contribution in [0, 0.1) is 0 Å². The second-order valence-electron chi connectivity index (χ2n) is 3.49. The lowest BCUT2D eigenvalue weighted by Gasteiger charge is -2.05. The molecule has 4 nitrogen and oxygen atoms in total. The number of hydrogen-bond acceptors (Lipinski definition) is 3. The Balaban J connectivity index is 3.16. The highest BCUT2D eigenvalue weighted by molar-refractivity contribution is 8.05. The zero-order valence-corrected chi connectivity index (χ0v) is 9.28. The van der Waals surface area contributed by atoms with Gasteiger partial charge in [0, 0.05) is 0 Å². The fraction of sp³-hybridized carbons (Fsp3) is 0.300. The lowest BCUT2D eigenvalue weighted by Crippen LogP contribution is -2.11. The number of benzene rings is 1. The van der Waals surface area contributed by atoms with Crippen molar-refractivity contribution in [3.05, 3.63) is 29.8 Å². The molecule has 1 N–H and O–H groups in total. The zero-order valence-electron chi connectivity index (χ0n) is 8.47. The van der Waals surface area contributed by atoms with E-state index in [-0.39, 0.29) is 10.8 Å². The Morgan fingerprint density at radius 2 is 1.67 bits per heavy atom. The first-order chi connectivity index (χ1) is 6.85. The molecule has 0 aliphatic carbocycles. The number of hydrogen-bond donors (Lipinski definition) is 1. The Bertz CT molecular complexity index is 457. The van der Waals surface area contributed by atoms with E-state index in [0.29, 0.717) is 0 Å². The molecule has 0 unspecified atom stereocenters. The summed E-state index contributed by atoms with van der Waals surface area (Å²) in [5.41, 5.74) is 0.972. The molecule has 82 valence electrons. The van der Waals surface area contributed by atoms with Crippen LogP contribution < -0.4 is 0 Å². The van der Waals surface area contributed by atoms with Crippen molar-refractivity contribution >= 4 is 15.1 Å². The predicted octanol–water partition coefficient (Wildman–Crippen LogP) is 2.26. The topological polar surface area (TPSA) is 71.4 Å². The fourth-order valence-corrected chi connectivity index (χ4v) is 1.83. The Kier molecular flexibility index (Phi) is 3.14. The first kappa shape index (κ1) is 11.7. The third-order valence-corrected chi connectivity index (χ3v) is 3.44. The second kappa shape index (κ2) is 4.02. The Labute approximate surface area is 88.5 Å². The smallest absolute Gasteiger partial charge is 0.427 e. The summed E-state index contributed by atoms with van der Waals surface area (Å²) in [5, 5.41) is 6.67. The van der Waals surface area contributed by atoms with Crippen molar-refractivity contribution in [3.8, 4) is 0 Å². The average Bonchev–Trinajstić information content (AvgIpc) is 2.17. The van der Waals surface area contributed by atoms with Crippen LogP contribution in [0.1, 0.15) is 25.3 Å². The normalized spacial score (nSPS) is 11.7. The van der Waals surface area contributed by atoms with Gasteiger partial charge in [0.15, 0.2) is 0 Å². The van der Waals surface area contributed by atoms with Gasteiger partial charge < -0.3 is 5.11 Å². The van der Waals surface area contributed by atoms with E-state index in [1.807, 2.05) is 13.8 Å². The van der Waals surface area contributed by atoms with Gasteiger partial charge in [-0.3, -0.25) is 0 Å². The van der Waals surface area contributed by atoms with Crippen LogP contribution in [0.25, 0.3) is 0 Å². The minimum atomic E-state index is -4.20. The minimum absolute atomic E-state index is 0.181. The maximum absolute atomic E-state index is 11.2. The first-order valence-corrected chi connectivity index (χ1v) is 5.92. The van der Waals surface area contributed by atoms with Gasteiger partial charge in [0.25, 0.3) is 9.84 Å². The van der Waals surface area contributed by atoms with Gasteiger partial charge in [-0.1, -0.05) is 26.0 Å². The third kappa shape index (κ3) is 2.36. The molecule has 0 heterocycles. The summed E-state index contributed by atoms with van der Waals surface area (Å²) in [6.45, 7) is 3.95. The molecule has 0 aliphatic heterocycles. The highest BCUT2D eigenvalue weighted by Crippen LogP contribution is 2.18. The van der Waals surface area contributed by atoms with E-state index in [4.69, 9.17) is 5.11 Å². The molecule has 0 saturated heterocycles. The van der Waals surface area contributed by atoms with E-state index in [2.05, 4.69) is 0 Å². The van der Waals surface area contributed by atoms with Gasteiger partial charge >= 0.3 is 5.30 Å². The minimum Gasteiger partial charge on any atom is -0.469 e. The van der Waals surface area contributed by atoms with Gasteiger partial charge in [0.05, 0.1) is 4.90 Å². The molecule has 0 radical (unpaired) electrons. The van der Waals surface area contributed by atoms with E-state index in [1.54, 1.807) is 12.1 Å². The Morgan fingerprint density at radius 3 is 2.00 bits per heavy atom. The molecular formula is C10H12O4S. The maximum atomic E-state index is 11.2. The van der Waals surface area contributed by atoms with Crippen molar-refractivity contribution in [3.63, 3.8) is 0 Å². The quantitative estimate of drug-likeness (QED) is 0.842. The summed E-state index contributed by atoms with van der Waals surface area (Å²) < 4.78 is 22.4. The largest absolute Gasteiger partial charge is 0.469 e. The fourth-order valence-electron chi connectivity index (χ4n) is 1.13. The Hall–Kier alpha value is -1.36. The number of carboxylic acid groups (broad SMARTS) is 1. The Morgan fingerprint density at radius 1 is 1.20 bits per heavy atom. The summed E-state index contributed by atoms with van der Waals surface area (Å²) >= 11 is 0. The van der Waals surface area contributed by atoms with Crippen molar-refractivity contribution in [1.82, 2.24) is 0 Å². The highest BCUT2D eigenvalue weighted by Gasteiger charge is 2.23. The van der Waals surface area contributed by atoms with Crippen molar-refractivity contribution in [2.75, 3.05) is 0 Å². The maximum Gasteiger partial charge on any atom is 0.427 e. The molecule has 0 spiro atoms. The molecule has 1 aromatic rings. The monoisotopic (exact) mass is 228 g/mol. The zero-order chi connectivity index (χ0) is 11.6. The SMILES string of the molecule is CC(C)c1ccc(S(=O)(=O)C(=O)O)cc1. The van der Waals surface area contributed by atoms with Crippen LogP contribution in [-0.4, -0.2) is 18.8 Å². The molecule has 0 fully saturated rings. The molecule has 0 amide bonds. The standard InChI is InChI=1S/C10H12O4S/c1-7(2)8-3-5-9(6-4-8)15(13,14)10(11)12/h3-7H,1-2H3,(H,11,12). The third-order valence-electron chi connectivity index (χ3n) is 2.09. The van der Waals surface area contributed by atoms with Crippen LogP contribution in [0.2, 0.25) is 0 Å². The molecule has 0 aliphatic rings. The molecule has 0 bridgehead atoms. The van der Waals surface area contributed by atoms with E-state index in [0.717, 1.165) is 5.56 Å². The van der Waals surface area contributed by atoms with Crippen LogP contribution in [0.15, 0.2) is 29.2 Å². The molecular weight excluding hydrogens is 216 g/mol. The van der Waals surface area contributed by atoms with E-state index < -0.39 is 15.1 Å². The molecule has 1 rings (SSSR count). The summed E-state index contributed by atoms with van der Waals surface area (Å²) in [4.78, 5) is 10.3. The van der Waals surface area contributed by atoms with Crippen LogP contribution in [-0.2, 0) is 9.84 Å².